The average Bonchev–Trinajstić information content (AvgIpc) is 2.72. The Bertz CT molecular complexity index is 293. The van der Waals surface area contributed by atoms with Gasteiger partial charge in [0.2, 0.25) is 0 Å². The Morgan fingerprint density at radius 2 is 2.17 bits per heavy atom. The Kier molecular flexibility index (Phi) is 7.69. The van der Waals surface area contributed by atoms with Crippen LogP contribution >= 0.6 is 0 Å². The summed E-state index contributed by atoms with van der Waals surface area (Å²) in [7, 11) is 1.72. The van der Waals surface area contributed by atoms with Gasteiger partial charge in [-0.25, -0.2) is 0 Å². The molecule has 1 heterocycles. The molecule has 0 aliphatic rings. The zero-order chi connectivity index (χ0) is 13.2. The van der Waals surface area contributed by atoms with Gasteiger partial charge in [0.05, 0.1) is 12.8 Å². The van der Waals surface area contributed by atoms with E-state index in [0.717, 1.165) is 26.2 Å². The van der Waals surface area contributed by atoms with Crippen molar-refractivity contribution in [2.75, 3.05) is 20.3 Å². The molecule has 1 aromatic rings. The highest BCUT2D eigenvalue weighted by Gasteiger charge is 2.05. The number of ether oxygens (including phenoxy) is 1. The van der Waals surface area contributed by atoms with Crippen molar-refractivity contribution in [3.8, 4) is 0 Å². The van der Waals surface area contributed by atoms with Crippen LogP contribution in [-0.4, -0.2) is 30.0 Å². The highest BCUT2D eigenvalue weighted by Crippen LogP contribution is 2.09. The largest absolute Gasteiger partial charge is 0.383 e. The van der Waals surface area contributed by atoms with Gasteiger partial charge in [0.1, 0.15) is 0 Å². The van der Waals surface area contributed by atoms with E-state index in [1.165, 1.54) is 36.9 Å². The first-order valence-electron chi connectivity index (χ1n) is 7.00. The Hall–Kier alpha value is -0.870. The molecule has 0 bridgehead atoms. The Labute approximate surface area is 111 Å². The molecule has 4 nitrogen and oxygen atoms in total. The maximum atomic E-state index is 5.01. The van der Waals surface area contributed by atoms with Gasteiger partial charge in [-0.1, -0.05) is 26.2 Å². The van der Waals surface area contributed by atoms with Crippen LogP contribution in [0, 0.1) is 6.92 Å². The zero-order valence-corrected chi connectivity index (χ0v) is 12.0. The number of hydrogen-bond donors (Lipinski definition) is 1. The van der Waals surface area contributed by atoms with Crippen LogP contribution in [0.1, 0.15) is 43.9 Å². The molecule has 104 valence electrons. The molecule has 0 saturated carbocycles. The maximum absolute atomic E-state index is 5.01. The number of methoxy groups -OCH3 is 1. The van der Waals surface area contributed by atoms with Gasteiger partial charge in [-0.3, -0.25) is 4.68 Å². The second-order valence-corrected chi connectivity index (χ2v) is 4.71. The lowest BCUT2D eigenvalue weighted by atomic mass is 10.2. The lowest BCUT2D eigenvalue weighted by Crippen LogP contribution is -2.18. The SMILES string of the molecule is CCCCCCn1ncc(CNCCOC)c1C. The fourth-order valence-electron chi connectivity index (χ4n) is 1.97. The third-order valence-corrected chi connectivity index (χ3v) is 3.23. The van der Waals surface area contributed by atoms with Crippen LogP contribution in [0.2, 0.25) is 0 Å². The molecule has 1 rings (SSSR count). The summed E-state index contributed by atoms with van der Waals surface area (Å²) in [4.78, 5) is 0. The topological polar surface area (TPSA) is 39.1 Å². The maximum Gasteiger partial charge on any atom is 0.0587 e. The fourth-order valence-corrected chi connectivity index (χ4v) is 1.97. The number of nitrogens with one attached hydrogen (secondary N) is 1. The van der Waals surface area contributed by atoms with Crippen molar-refractivity contribution in [1.29, 1.82) is 0 Å². The predicted octanol–water partition coefficient (Wildman–Crippen LogP) is 2.51. The molecule has 0 aliphatic heterocycles. The van der Waals surface area contributed by atoms with Gasteiger partial charge < -0.3 is 10.1 Å². The molecule has 0 aliphatic carbocycles. The molecule has 18 heavy (non-hydrogen) atoms. The van der Waals surface area contributed by atoms with Gasteiger partial charge in [0, 0.05) is 38.0 Å². The summed E-state index contributed by atoms with van der Waals surface area (Å²) in [5, 5.41) is 7.81. The molecule has 0 spiro atoms. The van der Waals surface area contributed by atoms with E-state index in [-0.39, 0.29) is 0 Å². The van der Waals surface area contributed by atoms with Crippen LogP contribution in [0.3, 0.4) is 0 Å². The van der Waals surface area contributed by atoms with E-state index in [2.05, 4.69) is 28.9 Å². The Morgan fingerprint density at radius 3 is 2.89 bits per heavy atom. The van der Waals surface area contributed by atoms with Crippen LogP contribution in [0.15, 0.2) is 6.20 Å². The number of rotatable bonds is 10. The Balaban J connectivity index is 2.30. The first-order chi connectivity index (χ1) is 8.79. The van der Waals surface area contributed by atoms with Crippen LogP contribution < -0.4 is 5.32 Å². The zero-order valence-electron chi connectivity index (χ0n) is 12.0. The summed E-state index contributed by atoms with van der Waals surface area (Å²) >= 11 is 0. The first kappa shape index (κ1) is 15.2. The van der Waals surface area contributed by atoms with Crippen LogP contribution in [0.25, 0.3) is 0 Å². The van der Waals surface area contributed by atoms with E-state index < -0.39 is 0 Å². The molecule has 4 heteroatoms. The van der Waals surface area contributed by atoms with Crippen molar-refractivity contribution >= 4 is 0 Å². The van der Waals surface area contributed by atoms with Gasteiger partial charge in [0.15, 0.2) is 0 Å². The molecule has 0 atom stereocenters. The highest BCUT2D eigenvalue weighted by molar-refractivity contribution is 5.15. The average molecular weight is 253 g/mol. The van der Waals surface area contributed by atoms with E-state index in [1.807, 2.05) is 6.20 Å². The molecule has 0 aromatic carbocycles. The van der Waals surface area contributed by atoms with Crippen molar-refractivity contribution in [3.05, 3.63) is 17.5 Å². The minimum Gasteiger partial charge on any atom is -0.383 e. The number of aryl methyl sites for hydroxylation is 1. The summed E-state index contributed by atoms with van der Waals surface area (Å²) in [5.74, 6) is 0. The standard InChI is InChI=1S/C14H27N3O/c1-4-5-6-7-9-17-13(2)14(12-16-17)11-15-8-10-18-3/h12,15H,4-11H2,1-3H3. The van der Waals surface area contributed by atoms with Crippen molar-refractivity contribution in [2.24, 2.45) is 0 Å². The molecule has 0 saturated heterocycles. The van der Waals surface area contributed by atoms with E-state index in [1.54, 1.807) is 7.11 Å². The second-order valence-electron chi connectivity index (χ2n) is 4.71. The second kappa shape index (κ2) is 9.11. The van der Waals surface area contributed by atoms with Gasteiger partial charge in [-0.05, 0) is 13.3 Å². The van der Waals surface area contributed by atoms with E-state index in [0.29, 0.717) is 0 Å². The summed E-state index contributed by atoms with van der Waals surface area (Å²) < 4.78 is 7.14. The number of aromatic nitrogens is 2. The monoisotopic (exact) mass is 253 g/mol. The summed E-state index contributed by atoms with van der Waals surface area (Å²) in [6.07, 6.45) is 7.12. The van der Waals surface area contributed by atoms with Crippen LogP contribution in [0.5, 0.6) is 0 Å². The normalized spacial score (nSPS) is 11.1. The summed E-state index contributed by atoms with van der Waals surface area (Å²) in [6.45, 7) is 7.96. The minimum atomic E-state index is 0.754. The molecule has 0 amide bonds. The van der Waals surface area contributed by atoms with Crippen molar-refractivity contribution in [1.82, 2.24) is 15.1 Å². The van der Waals surface area contributed by atoms with Gasteiger partial charge in [-0.2, -0.15) is 5.10 Å². The molecule has 1 aromatic heterocycles. The van der Waals surface area contributed by atoms with E-state index >= 15 is 0 Å². The third kappa shape index (κ3) is 5.19. The minimum absolute atomic E-state index is 0.754. The lowest BCUT2D eigenvalue weighted by Gasteiger charge is -2.06. The summed E-state index contributed by atoms with van der Waals surface area (Å²) in [6, 6.07) is 0. The molecular formula is C14H27N3O. The molecule has 1 N–H and O–H groups in total. The predicted molar refractivity (Wildman–Crippen MR) is 74.7 cm³/mol. The summed E-state index contributed by atoms with van der Waals surface area (Å²) in [5.41, 5.74) is 2.58. The smallest absolute Gasteiger partial charge is 0.0587 e. The Morgan fingerprint density at radius 1 is 1.33 bits per heavy atom. The van der Waals surface area contributed by atoms with Gasteiger partial charge >= 0.3 is 0 Å². The fraction of sp³-hybridized carbons (Fsp3) is 0.786. The van der Waals surface area contributed by atoms with Crippen LogP contribution in [0.4, 0.5) is 0 Å². The lowest BCUT2D eigenvalue weighted by molar-refractivity contribution is 0.199. The van der Waals surface area contributed by atoms with Crippen molar-refractivity contribution in [3.63, 3.8) is 0 Å². The first-order valence-corrected chi connectivity index (χ1v) is 7.00. The van der Waals surface area contributed by atoms with Crippen molar-refractivity contribution in [2.45, 2.75) is 52.6 Å². The third-order valence-electron chi connectivity index (χ3n) is 3.23. The number of hydrogen-bond acceptors (Lipinski definition) is 3. The highest BCUT2D eigenvalue weighted by atomic mass is 16.5. The van der Waals surface area contributed by atoms with Gasteiger partial charge in [0.25, 0.3) is 0 Å². The van der Waals surface area contributed by atoms with E-state index in [4.69, 9.17) is 4.74 Å². The number of unbranched alkanes of at least 4 members (excludes halogenated alkanes) is 3. The molecule has 0 radical (unpaired) electrons. The molecule has 0 fully saturated rings. The van der Waals surface area contributed by atoms with Gasteiger partial charge in [-0.15, -0.1) is 0 Å². The molecular weight excluding hydrogens is 226 g/mol. The quantitative estimate of drug-likeness (QED) is 0.651. The molecule has 0 unspecified atom stereocenters. The number of nitrogens with zero attached hydrogens (tertiary/aromatic N) is 2. The van der Waals surface area contributed by atoms with E-state index in [9.17, 15) is 0 Å². The van der Waals surface area contributed by atoms with Crippen molar-refractivity contribution < 1.29 is 4.74 Å². The van der Waals surface area contributed by atoms with Crippen LogP contribution in [-0.2, 0) is 17.8 Å².